The van der Waals surface area contributed by atoms with Gasteiger partial charge in [0, 0.05) is 35.2 Å². The lowest BCUT2D eigenvalue weighted by atomic mass is 10.1. The van der Waals surface area contributed by atoms with Crippen LogP contribution in [0.1, 0.15) is 27.7 Å². The molecule has 1 atom stereocenters. The summed E-state index contributed by atoms with van der Waals surface area (Å²) in [6.07, 6.45) is 0.716. The van der Waals surface area contributed by atoms with Gasteiger partial charge in [0.2, 0.25) is 0 Å². The van der Waals surface area contributed by atoms with E-state index < -0.39 is 0 Å². The molecule has 0 saturated carbocycles. The summed E-state index contributed by atoms with van der Waals surface area (Å²) in [6.45, 7) is 1.21. The number of aromatic nitrogens is 2. The largest absolute Gasteiger partial charge is 0.497 e. The maximum atomic E-state index is 14.1. The number of benzene rings is 2. The lowest BCUT2D eigenvalue weighted by Gasteiger charge is -2.19. The van der Waals surface area contributed by atoms with Crippen molar-refractivity contribution < 1.29 is 13.9 Å². The van der Waals surface area contributed by atoms with Crippen molar-refractivity contribution in [3.63, 3.8) is 0 Å². The van der Waals surface area contributed by atoms with Crippen LogP contribution in [0.25, 0.3) is 11.3 Å². The van der Waals surface area contributed by atoms with Crippen molar-refractivity contribution >= 4 is 17.7 Å². The summed E-state index contributed by atoms with van der Waals surface area (Å²) in [5, 5.41) is 7.21. The molecule has 4 rings (SSSR count). The fourth-order valence-electron chi connectivity index (χ4n) is 3.49. The Balaban J connectivity index is 1.46. The monoisotopic (exact) mass is 411 g/mol. The predicted octanol–water partition coefficient (Wildman–Crippen LogP) is 4.54. The lowest BCUT2D eigenvalue weighted by molar-refractivity contribution is 0.0760. The highest BCUT2D eigenvalue weighted by Gasteiger charge is 2.25. The zero-order valence-corrected chi connectivity index (χ0v) is 16.9. The first-order valence-corrected chi connectivity index (χ1v) is 10.6. The number of aromatic amines is 1. The number of thioether (sulfide) groups is 1. The van der Waals surface area contributed by atoms with E-state index in [1.165, 1.54) is 6.07 Å². The number of rotatable bonds is 4. The van der Waals surface area contributed by atoms with Gasteiger partial charge in [-0.2, -0.15) is 16.9 Å². The molecule has 29 heavy (non-hydrogen) atoms. The van der Waals surface area contributed by atoms with Gasteiger partial charge in [0.1, 0.15) is 17.3 Å². The lowest BCUT2D eigenvalue weighted by Crippen LogP contribution is -2.33. The van der Waals surface area contributed by atoms with Gasteiger partial charge >= 0.3 is 0 Å². The minimum Gasteiger partial charge on any atom is -0.497 e. The van der Waals surface area contributed by atoms with Crippen molar-refractivity contribution in [3.05, 3.63) is 71.7 Å². The molecule has 3 aromatic rings. The molecule has 2 heterocycles. The standard InChI is InChI=1S/C22H22FN3O2S/c1-28-16-6-4-5-15(13-16)19-14-20(25-24-19)22(27)26-10-9-21(29-12-11-26)17-7-2-3-8-18(17)23/h2-8,13-14,21H,9-12H2,1H3,(H,24,25). The second-order valence-electron chi connectivity index (χ2n) is 6.86. The molecule has 5 nitrogen and oxygen atoms in total. The Kier molecular flexibility index (Phi) is 5.85. The minimum atomic E-state index is -0.179. The fourth-order valence-corrected chi connectivity index (χ4v) is 4.74. The first-order chi connectivity index (χ1) is 14.2. The smallest absolute Gasteiger partial charge is 0.271 e. The number of carbonyl (C=O) groups excluding carboxylic acids is 1. The molecular formula is C22H22FN3O2S. The summed E-state index contributed by atoms with van der Waals surface area (Å²) in [7, 11) is 1.62. The van der Waals surface area contributed by atoms with Crippen molar-refractivity contribution in [3.8, 4) is 17.0 Å². The fraction of sp³-hybridized carbons (Fsp3) is 0.273. The van der Waals surface area contributed by atoms with E-state index in [0.29, 0.717) is 36.5 Å². The Hall–Kier alpha value is -2.80. The molecule has 1 N–H and O–H groups in total. The SMILES string of the molecule is COc1cccc(-c2cc(C(=O)N3CCSC(c4ccccc4F)CC3)[nH]n2)c1. The van der Waals surface area contributed by atoms with Crippen molar-refractivity contribution in [1.29, 1.82) is 0 Å². The average Bonchev–Trinajstić information content (AvgIpc) is 3.12. The average molecular weight is 412 g/mol. The number of nitrogens with zero attached hydrogens (tertiary/aromatic N) is 2. The Labute approximate surface area is 173 Å². The van der Waals surface area contributed by atoms with Crippen LogP contribution in [-0.4, -0.2) is 47.0 Å². The number of carbonyl (C=O) groups is 1. The molecule has 1 fully saturated rings. The molecule has 1 aromatic heterocycles. The van der Waals surface area contributed by atoms with E-state index in [1.807, 2.05) is 41.3 Å². The quantitative estimate of drug-likeness (QED) is 0.685. The second-order valence-corrected chi connectivity index (χ2v) is 8.17. The van der Waals surface area contributed by atoms with E-state index in [9.17, 15) is 9.18 Å². The summed E-state index contributed by atoms with van der Waals surface area (Å²) in [6, 6.07) is 16.2. The highest BCUT2D eigenvalue weighted by Crippen LogP contribution is 2.36. The van der Waals surface area contributed by atoms with E-state index in [-0.39, 0.29) is 17.0 Å². The zero-order chi connectivity index (χ0) is 20.2. The topological polar surface area (TPSA) is 58.2 Å². The zero-order valence-electron chi connectivity index (χ0n) is 16.1. The predicted molar refractivity (Wildman–Crippen MR) is 113 cm³/mol. The number of hydrogen-bond acceptors (Lipinski definition) is 4. The van der Waals surface area contributed by atoms with Gasteiger partial charge in [-0.15, -0.1) is 0 Å². The van der Waals surface area contributed by atoms with Crippen LogP contribution >= 0.6 is 11.8 Å². The van der Waals surface area contributed by atoms with E-state index in [4.69, 9.17) is 4.74 Å². The molecule has 0 spiro atoms. The van der Waals surface area contributed by atoms with Gasteiger partial charge in [0.15, 0.2) is 0 Å². The maximum absolute atomic E-state index is 14.1. The van der Waals surface area contributed by atoms with Crippen LogP contribution in [0.15, 0.2) is 54.6 Å². The first-order valence-electron chi connectivity index (χ1n) is 9.51. The molecule has 1 aliphatic heterocycles. The number of H-pyrrole nitrogens is 1. The van der Waals surface area contributed by atoms with Crippen LogP contribution in [0.3, 0.4) is 0 Å². The molecule has 0 bridgehead atoms. The molecule has 0 radical (unpaired) electrons. The Bertz CT molecular complexity index is 1010. The molecular weight excluding hydrogens is 389 g/mol. The maximum Gasteiger partial charge on any atom is 0.271 e. The summed E-state index contributed by atoms with van der Waals surface area (Å²) in [5.41, 5.74) is 2.75. The first kappa shape index (κ1) is 19.5. The van der Waals surface area contributed by atoms with Gasteiger partial charge in [-0.05, 0) is 30.7 Å². The van der Waals surface area contributed by atoms with Gasteiger partial charge in [-0.3, -0.25) is 9.89 Å². The van der Waals surface area contributed by atoms with Crippen LogP contribution in [0.5, 0.6) is 5.75 Å². The van der Waals surface area contributed by atoms with Gasteiger partial charge in [0.25, 0.3) is 5.91 Å². The van der Waals surface area contributed by atoms with Crippen molar-refractivity contribution in [2.24, 2.45) is 0 Å². The number of nitrogens with one attached hydrogen (secondary N) is 1. The number of amides is 1. The van der Waals surface area contributed by atoms with Gasteiger partial charge < -0.3 is 9.64 Å². The Morgan fingerprint density at radius 1 is 1.21 bits per heavy atom. The van der Waals surface area contributed by atoms with Crippen molar-refractivity contribution in [1.82, 2.24) is 15.1 Å². The van der Waals surface area contributed by atoms with E-state index in [2.05, 4.69) is 10.2 Å². The third kappa shape index (κ3) is 4.29. The highest BCUT2D eigenvalue weighted by molar-refractivity contribution is 7.99. The van der Waals surface area contributed by atoms with E-state index >= 15 is 0 Å². The number of hydrogen-bond donors (Lipinski definition) is 1. The van der Waals surface area contributed by atoms with Crippen LogP contribution in [-0.2, 0) is 0 Å². The molecule has 7 heteroatoms. The summed E-state index contributed by atoms with van der Waals surface area (Å²) >= 11 is 1.70. The second kappa shape index (κ2) is 8.69. The van der Waals surface area contributed by atoms with Crippen LogP contribution in [0.2, 0.25) is 0 Å². The normalized spacial score (nSPS) is 17.0. The number of halogens is 1. The summed E-state index contributed by atoms with van der Waals surface area (Å²) in [4.78, 5) is 14.8. The van der Waals surface area contributed by atoms with E-state index in [0.717, 1.165) is 17.1 Å². The molecule has 1 aliphatic rings. The third-order valence-electron chi connectivity index (χ3n) is 5.05. The van der Waals surface area contributed by atoms with Crippen LogP contribution in [0, 0.1) is 5.82 Å². The molecule has 1 saturated heterocycles. The van der Waals surface area contributed by atoms with Crippen LogP contribution in [0.4, 0.5) is 4.39 Å². The van der Waals surface area contributed by atoms with Gasteiger partial charge in [-0.1, -0.05) is 30.3 Å². The molecule has 1 amide bonds. The van der Waals surface area contributed by atoms with E-state index in [1.54, 1.807) is 31.0 Å². The molecule has 2 aromatic carbocycles. The van der Waals surface area contributed by atoms with Gasteiger partial charge in [-0.25, -0.2) is 4.39 Å². The Morgan fingerprint density at radius 2 is 2.07 bits per heavy atom. The third-order valence-corrected chi connectivity index (χ3v) is 6.36. The minimum absolute atomic E-state index is 0.0584. The molecule has 0 aliphatic carbocycles. The highest BCUT2D eigenvalue weighted by atomic mass is 32.2. The van der Waals surface area contributed by atoms with Crippen LogP contribution < -0.4 is 4.74 Å². The van der Waals surface area contributed by atoms with Gasteiger partial charge in [0.05, 0.1) is 12.8 Å². The molecule has 150 valence electrons. The molecule has 1 unspecified atom stereocenters. The number of ether oxygens (including phenoxy) is 1. The summed E-state index contributed by atoms with van der Waals surface area (Å²) in [5.74, 6) is 1.24. The Morgan fingerprint density at radius 3 is 2.90 bits per heavy atom. The number of methoxy groups -OCH3 is 1. The summed E-state index contributed by atoms with van der Waals surface area (Å²) < 4.78 is 19.4. The van der Waals surface area contributed by atoms with Crippen molar-refractivity contribution in [2.75, 3.05) is 26.0 Å². The van der Waals surface area contributed by atoms with Crippen molar-refractivity contribution in [2.45, 2.75) is 11.7 Å².